The topological polar surface area (TPSA) is 29.3 Å². The molecule has 0 bridgehead atoms. The summed E-state index contributed by atoms with van der Waals surface area (Å²) in [5.41, 5.74) is 5.09. The molecule has 0 rings (SSSR count). The first-order valence-corrected chi connectivity index (χ1v) is 4.87. The van der Waals surface area contributed by atoms with Crippen molar-refractivity contribution in [2.75, 3.05) is 26.7 Å². The predicted molar refractivity (Wildman–Crippen MR) is 51.0 cm³/mol. The molecular weight excluding hydrogens is 193 g/mol. The molecule has 0 radical (unpaired) electrons. The van der Waals surface area contributed by atoms with Gasteiger partial charge in [0.2, 0.25) is 0 Å². The minimum absolute atomic E-state index is 0. The molecule has 0 spiro atoms. The van der Waals surface area contributed by atoms with E-state index < -0.39 is 12.1 Å². The van der Waals surface area contributed by atoms with Crippen LogP contribution in [0.15, 0.2) is 0 Å². The summed E-state index contributed by atoms with van der Waals surface area (Å²) in [4.78, 5) is 1.69. The van der Waals surface area contributed by atoms with Gasteiger partial charge in [-0.15, -0.1) is 0 Å². The third-order valence-electron chi connectivity index (χ3n) is 2.17. The number of nitrogens with zero attached hydrogens (tertiary/aromatic N) is 1. The molecule has 0 aliphatic carbocycles. The quantitative estimate of drug-likeness (QED) is 0.728. The molecule has 0 saturated carbocycles. The summed E-state index contributed by atoms with van der Waals surface area (Å²) in [6.45, 7) is 2.38. The van der Waals surface area contributed by atoms with Crippen LogP contribution in [0.4, 0.5) is 13.2 Å². The molecule has 0 aromatic heterocycles. The van der Waals surface area contributed by atoms with E-state index in [4.69, 9.17) is 5.73 Å². The van der Waals surface area contributed by atoms with Crippen molar-refractivity contribution in [2.45, 2.75) is 25.9 Å². The fraction of sp³-hybridized carbons (Fsp3) is 1.00. The fourth-order valence-electron chi connectivity index (χ4n) is 1.21. The van der Waals surface area contributed by atoms with Crippen LogP contribution in [-0.4, -0.2) is 37.8 Å². The highest BCUT2D eigenvalue weighted by Gasteiger charge is 2.38. The van der Waals surface area contributed by atoms with Crippen LogP contribution in [0.5, 0.6) is 0 Å². The summed E-state index contributed by atoms with van der Waals surface area (Å²) in [5, 5.41) is 0. The Hall–Kier alpha value is -0.290. The average molecular weight is 212 g/mol. The van der Waals surface area contributed by atoms with Gasteiger partial charge in [-0.05, 0) is 20.0 Å². The Morgan fingerprint density at radius 2 is 1.93 bits per heavy atom. The summed E-state index contributed by atoms with van der Waals surface area (Å²) in [7, 11) is 1.70. The summed E-state index contributed by atoms with van der Waals surface area (Å²) in [6.07, 6.45) is -2.26. The van der Waals surface area contributed by atoms with E-state index in [1.807, 2.05) is 6.92 Å². The monoisotopic (exact) mass is 212 g/mol. The van der Waals surface area contributed by atoms with Gasteiger partial charge in [0.25, 0.3) is 0 Å². The number of rotatable bonds is 6. The molecule has 86 valence electrons. The highest BCUT2D eigenvalue weighted by Crippen LogP contribution is 2.25. The van der Waals surface area contributed by atoms with E-state index in [1.165, 1.54) is 0 Å². The second kappa shape index (κ2) is 6.24. The SMILES string of the molecule is CCCCN(C)CC(CN)C(F)(F)F. The zero-order valence-corrected chi connectivity index (χ0v) is 8.77. The van der Waals surface area contributed by atoms with Gasteiger partial charge in [-0.1, -0.05) is 13.3 Å². The molecule has 0 amide bonds. The van der Waals surface area contributed by atoms with Crippen molar-refractivity contribution in [2.24, 2.45) is 11.7 Å². The Labute approximate surface area is 83.3 Å². The molecule has 0 aliphatic heterocycles. The van der Waals surface area contributed by atoms with Crippen LogP contribution in [0.1, 0.15) is 19.8 Å². The molecule has 0 saturated heterocycles. The number of alkyl halides is 3. The van der Waals surface area contributed by atoms with Crippen molar-refractivity contribution in [3.05, 3.63) is 0 Å². The highest BCUT2D eigenvalue weighted by atomic mass is 19.4. The van der Waals surface area contributed by atoms with Gasteiger partial charge in [-0.3, -0.25) is 0 Å². The van der Waals surface area contributed by atoms with Crippen molar-refractivity contribution >= 4 is 0 Å². The zero-order chi connectivity index (χ0) is 11.2. The third kappa shape index (κ3) is 5.44. The smallest absolute Gasteiger partial charge is 0.330 e. The molecular formula is C9H19F3N2. The molecule has 0 aromatic carbocycles. The molecule has 14 heavy (non-hydrogen) atoms. The molecule has 0 fully saturated rings. The highest BCUT2D eigenvalue weighted by molar-refractivity contribution is 4.71. The van der Waals surface area contributed by atoms with Gasteiger partial charge in [-0.25, -0.2) is 0 Å². The van der Waals surface area contributed by atoms with Crippen molar-refractivity contribution < 1.29 is 13.2 Å². The van der Waals surface area contributed by atoms with E-state index in [1.54, 1.807) is 11.9 Å². The number of hydrogen-bond donors (Lipinski definition) is 1. The standard InChI is InChI=1S/C9H19F3N2/c1-3-4-5-14(2)7-8(6-13)9(10,11)12/h8H,3-7,13H2,1-2H3. The second-order valence-corrected chi connectivity index (χ2v) is 3.59. The molecule has 0 heterocycles. The van der Waals surface area contributed by atoms with E-state index in [9.17, 15) is 13.2 Å². The van der Waals surface area contributed by atoms with E-state index in [0.29, 0.717) is 6.54 Å². The Bertz CT molecular complexity index is 147. The van der Waals surface area contributed by atoms with Gasteiger partial charge < -0.3 is 10.6 Å². The first-order valence-electron chi connectivity index (χ1n) is 4.87. The number of halogens is 3. The van der Waals surface area contributed by atoms with E-state index in [-0.39, 0.29) is 13.1 Å². The van der Waals surface area contributed by atoms with Crippen molar-refractivity contribution in [1.29, 1.82) is 0 Å². The van der Waals surface area contributed by atoms with Gasteiger partial charge in [-0.2, -0.15) is 13.2 Å². The molecule has 5 heteroatoms. The lowest BCUT2D eigenvalue weighted by molar-refractivity contribution is -0.175. The lowest BCUT2D eigenvalue weighted by atomic mass is 10.1. The lowest BCUT2D eigenvalue weighted by Gasteiger charge is -2.24. The Morgan fingerprint density at radius 3 is 2.29 bits per heavy atom. The van der Waals surface area contributed by atoms with Crippen LogP contribution in [0, 0.1) is 5.92 Å². The van der Waals surface area contributed by atoms with Crippen molar-refractivity contribution in [3.8, 4) is 0 Å². The van der Waals surface area contributed by atoms with Gasteiger partial charge in [0.1, 0.15) is 0 Å². The van der Waals surface area contributed by atoms with Crippen LogP contribution in [0.25, 0.3) is 0 Å². The largest absolute Gasteiger partial charge is 0.394 e. The van der Waals surface area contributed by atoms with Gasteiger partial charge in [0.15, 0.2) is 0 Å². The minimum atomic E-state index is -4.17. The Balaban J connectivity index is 3.93. The van der Waals surface area contributed by atoms with Crippen molar-refractivity contribution in [3.63, 3.8) is 0 Å². The van der Waals surface area contributed by atoms with E-state index >= 15 is 0 Å². The van der Waals surface area contributed by atoms with Crippen LogP contribution < -0.4 is 5.73 Å². The van der Waals surface area contributed by atoms with Crippen LogP contribution >= 0.6 is 0 Å². The maximum atomic E-state index is 12.3. The van der Waals surface area contributed by atoms with Crippen LogP contribution in [0.2, 0.25) is 0 Å². The summed E-state index contributed by atoms with van der Waals surface area (Å²) in [6, 6.07) is 0. The lowest BCUT2D eigenvalue weighted by Crippen LogP contribution is -2.39. The van der Waals surface area contributed by atoms with Crippen LogP contribution in [-0.2, 0) is 0 Å². The number of unbranched alkanes of at least 4 members (excludes halogenated alkanes) is 1. The molecule has 2 nitrogen and oxygen atoms in total. The first kappa shape index (κ1) is 13.7. The molecule has 1 unspecified atom stereocenters. The maximum absolute atomic E-state index is 12.3. The Morgan fingerprint density at radius 1 is 1.36 bits per heavy atom. The zero-order valence-electron chi connectivity index (χ0n) is 8.77. The number of nitrogens with two attached hydrogens (primary N) is 1. The fourth-order valence-corrected chi connectivity index (χ4v) is 1.21. The van der Waals surface area contributed by atoms with E-state index in [2.05, 4.69) is 0 Å². The van der Waals surface area contributed by atoms with E-state index in [0.717, 1.165) is 12.8 Å². The first-order chi connectivity index (χ1) is 6.41. The van der Waals surface area contributed by atoms with Gasteiger partial charge in [0.05, 0.1) is 5.92 Å². The summed E-state index contributed by atoms with van der Waals surface area (Å²) >= 11 is 0. The summed E-state index contributed by atoms with van der Waals surface area (Å²) in [5.74, 6) is -1.40. The normalized spacial score (nSPS) is 14.8. The van der Waals surface area contributed by atoms with Crippen LogP contribution in [0.3, 0.4) is 0 Å². The van der Waals surface area contributed by atoms with Crippen molar-refractivity contribution in [1.82, 2.24) is 4.90 Å². The molecule has 1 atom stereocenters. The number of hydrogen-bond acceptors (Lipinski definition) is 2. The average Bonchev–Trinajstić information content (AvgIpc) is 2.08. The predicted octanol–water partition coefficient (Wildman–Crippen LogP) is 1.86. The second-order valence-electron chi connectivity index (χ2n) is 3.59. The summed E-state index contributed by atoms with van der Waals surface area (Å²) < 4.78 is 36.9. The Kier molecular flexibility index (Phi) is 6.11. The molecule has 0 aliphatic rings. The molecule has 2 N–H and O–H groups in total. The molecule has 0 aromatic rings. The van der Waals surface area contributed by atoms with Gasteiger partial charge in [0, 0.05) is 13.1 Å². The minimum Gasteiger partial charge on any atom is -0.330 e. The maximum Gasteiger partial charge on any atom is 0.394 e. The van der Waals surface area contributed by atoms with Gasteiger partial charge >= 0.3 is 6.18 Å². The third-order valence-corrected chi connectivity index (χ3v) is 2.17.